The van der Waals surface area contributed by atoms with Crippen molar-refractivity contribution in [3.63, 3.8) is 0 Å². The van der Waals surface area contributed by atoms with Crippen molar-refractivity contribution < 1.29 is 9.47 Å². The van der Waals surface area contributed by atoms with E-state index in [1.807, 2.05) is 0 Å². The summed E-state index contributed by atoms with van der Waals surface area (Å²) in [6, 6.07) is 8.37. The Labute approximate surface area is 109 Å². The van der Waals surface area contributed by atoms with Gasteiger partial charge in [-0.25, -0.2) is 0 Å². The Kier molecular flexibility index (Phi) is 5.49. The lowest BCUT2D eigenvalue weighted by Crippen LogP contribution is -2.30. The Bertz CT molecular complexity index is 331. The topological polar surface area (TPSA) is 30.5 Å². The third-order valence-electron chi connectivity index (χ3n) is 3.46. The van der Waals surface area contributed by atoms with Gasteiger partial charge in [0.25, 0.3) is 0 Å². The quantitative estimate of drug-likeness (QED) is 0.839. The first-order chi connectivity index (χ1) is 8.88. The number of ether oxygens (including phenoxy) is 2. The standard InChI is InChI=1S/C15H23NO2/c1-17-11-8-13-2-4-15(5-3-13)18-12-14-6-9-16-10-7-14/h2-5,14,16H,6-12H2,1H3. The molecule has 0 amide bonds. The Morgan fingerprint density at radius 1 is 1.17 bits per heavy atom. The van der Waals surface area contributed by atoms with Crippen LogP contribution in [0, 0.1) is 5.92 Å². The highest BCUT2D eigenvalue weighted by atomic mass is 16.5. The molecule has 1 N–H and O–H groups in total. The van der Waals surface area contributed by atoms with E-state index in [0.717, 1.165) is 38.5 Å². The summed E-state index contributed by atoms with van der Waals surface area (Å²) in [6.45, 7) is 3.88. The molecule has 100 valence electrons. The molecule has 18 heavy (non-hydrogen) atoms. The number of methoxy groups -OCH3 is 1. The smallest absolute Gasteiger partial charge is 0.119 e. The van der Waals surface area contributed by atoms with Crippen LogP contribution in [0.3, 0.4) is 0 Å². The number of piperidine rings is 1. The number of hydrogen-bond acceptors (Lipinski definition) is 3. The zero-order valence-corrected chi connectivity index (χ0v) is 11.2. The lowest BCUT2D eigenvalue weighted by Gasteiger charge is -2.22. The van der Waals surface area contributed by atoms with Gasteiger partial charge >= 0.3 is 0 Å². The molecule has 3 nitrogen and oxygen atoms in total. The van der Waals surface area contributed by atoms with Crippen LogP contribution >= 0.6 is 0 Å². The third-order valence-corrected chi connectivity index (χ3v) is 3.46. The van der Waals surface area contributed by atoms with Gasteiger partial charge in [0.15, 0.2) is 0 Å². The van der Waals surface area contributed by atoms with E-state index in [2.05, 4.69) is 29.6 Å². The van der Waals surface area contributed by atoms with E-state index in [-0.39, 0.29) is 0 Å². The molecule has 1 saturated heterocycles. The molecule has 0 radical (unpaired) electrons. The van der Waals surface area contributed by atoms with Crippen molar-refractivity contribution in [2.24, 2.45) is 5.92 Å². The van der Waals surface area contributed by atoms with Crippen LogP contribution in [0.5, 0.6) is 5.75 Å². The second-order valence-electron chi connectivity index (χ2n) is 4.89. The number of rotatable bonds is 6. The van der Waals surface area contributed by atoms with Crippen LogP contribution in [0.15, 0.2) is 24.3 Å². The summed E-state index contributed by atoms with van der Waals surface area (Å²) in [5.41, 5.74) is 1.30. The highest BCUT2D eigenvalue weighted by Gasteiger charge is 2.13. The van der Waals surface area contributed by atoms with Crippen LogP contribution in [0.4, 0.5) is 0 Å². The van der Waals surface area contributed by atoms with Crippen LogP contribution < -0.4 is 10.1 Å². The highest BCUT2D eigenvalue weighted by Crippen LogP contribution is 2.17. The van der Waals surface area contributed by atoms with Crippen LogP contribution in [0.25, 0.3) is 0 Å². The molecule has 1 aliphatic rings. The number of hydrogen-bond donors (Lipinski definition) is 1. The summed E-state index contributed by atoms with van der Waals surface area (Å²) in [5, 5.41) is 3.37. The monoisotopic (exact) mass is 249 g/mol. The van der Waals surface area contributed by atoms with Crippen molar-refractivity contribution in [1.82, 2.24) is 5.32 Å². The van der Waals surface area contributed by atoms with E-state index in [4.69, 9.17) is 9.47 Å². The summed E-state index contributed by atoms with van der Waals surface area (Å²) in [7, 11) is 1.73. The van der Waals surface area contributed by atoms with E-state index in [1.165, 1.54) is 18.4 Å². The van der Waals surface area contributed by atoms with Gasteiger partial charge in [-0.2, -0.15) is 0 Å². The van der Waals surface area contributed by atoms with Gasteiger partial charge < -0.3 is 14.8 Å². The minimum absolute atomic E-state index is 0.708. The molecule has 0 saturated carbocycles. The van der Waals surface area contributed by atoms with Crippen LogP contribution in [-0.2, 0) is 11.2 Å². The molecule has 0 aliphatic carbocycles. The average Bonchev–Trinajstić information content (AvgIpc) is 2.45. The van der Waals surface area contributed by atoms with E-state index in [1.54, 1.807) is 7.11 Å². The molecule has 3 heteroatoms. The van der Waals surface area contributed by atoms with Gasteiger partial charge in [0.2, 0.25) is 0 Å². The fraction of sp³-hybridized carbons (Fsp3) is 0.600. The summed E-state index contributed by atoms with van der Waals surface area (Å²) < 4.78 is 10.9. The van der Waals surface area contributed by atoms with Crippen LogP contribution in [-0.4, -0.2) is 33.4 Å². The first-order valence-corrected chi connectivity index (χ1v) is 6.80. The van der Waals surface area contributed by atoms with Crippen molar-refractivity contribution in [1.29, 1.82) is 0 Å². The lowest BCUT2D eigenvalue weighted by molar-refractivity contribution is 0.202. The maximum absolute atomic E-state index is 5.85. The minimum Gasteiger partial charge on any atom is -0.493 e. The van der Waals surface area contributed by atoms with Crippen molar-refractivity contribution in [3.8, 4) is 5.75 Å². The van der Waals surface area contributed by atoms with Gasteiger partial charge in [0.1, 0.15) is 5.75 Å². The molecular weight excluding hydrogens is 226 g/mol. The fourth-order valence-corrected chi connectivity index (χ4v) is 2.23. The first kappa shape index (κ1) is 13.4. The Morgan fingerprint density at radius 2 is 1.89 bits per heavy atom. The Morgan fingerprint density at radius 3 is 2.56 bits per heavy atom. The van der Waals surface area contributed by atoms with E-state index in [0.29, 0.717) is 5.92 Å². The van der Waals surface area contributed by atoms with Crippen molar-refractivity contribution >= 4 is 0 Å². The second kappa shape index (κ2) is 7.39. The Hall–Kier alpha value is -1.06. The maximum Gasteiger partial charge on any atom is 0.119 e. The number of benzene rings is 1. The molecule has 1 aromatic carbocycles. The summed E-state index contributed by atoms with van der Waals surface area (Å²) in [5.74, 6) is 1.69. The molecule has 1 heterocycles. The highest BCUT2D eigenvalue weighted by molar-refractivity contribution is 5.27. The first-order valence-electron chi connectivity index (χ1n) is 6.80. The summed E-state index contributed by atoms with van der Waals surface area (Å²) in [6.07, 6.45) is 3.42. The van der Waals surface area contributed by atoms with Gasteiger partial charge in [0.05, 0.1) is 13.2 Å². The van der Waals surface area contributed by atoms with Gasteiger partial charge in [0, 0.05) is 7.11 Å². The lowest BCUT2D eigenvalue weighted by atomic mass is 9.99. The predicted octanol–water partition coefficient (Wildman–Crippen LogP) is 2.25. The minimum atomic E-state index is 0.708. The van der Waals surface area contributed by atoms with E-state index >= 15 is 0 Å². The van der Waals surface area contributed by atoms with Gasteiger partial charge in [-0.15, -0.1) is 0 Å². The summed E-state index contributed by atoms with van der Waals surface area (Å²) >= 11 is 0. The molecule has 0 aromatic heterocycles. The normalized spacial score (nSPS) is 16.7. The molecule has 1 aromatic rings. The van der Waals surface area contributed by atoms with Gasteiger partial charge in [-0.3, -0.25) is 0 Å². The molecule has 0 atom stereocenters. The average molecular weight is 249 g/mol. The molecule has 0 spiro atoms. The van der Waals surface area contributed by atoms with Gasteiger partial charge in [-0.05, 0) is 56.0 Å². The van der Waals surface area contributed by atoms with E-state index < -0.39 is 0 Å². The zero-order valence-electron chi connectivity index (χ0n) is 11.2. The largest absolute Gasteiger partial charge is 0.493 e. The van der Waals surface area contributed by atoms with Crippen molar-refractivity contribution in [2.45, 2.75) is 19.3 Å². The van der Waals surface area contributed by atoms with Crippen LogP contribution in [0.2, 0.25) is 0 Å². The van der Waals surface area contributed by atoms with E-state index in [9.17, 15) is 0 Å². The SMILES string of the molecule is COCCc1ccc(OCC2CCNCC2)cc1. The Balaban J connectivity index is 1.75. The maximum atomic E-state index is 5.85. The number of nitrogens with one attached hydrogen (secondary N) is 1. The molecule has 1 fully saturated rings. The molecule has 0 unspecified atom stereocenters. The third kappa shape index (κ3) is 4.31. The second-order valence-corrected chi connectivity index (χ2v) is 4.89. The molecule has 1 aliphatic heterocycles. The molecular formula is C15H23NO2. The summed E-state index contributed by atoms with van der Waals surface area (Å²) in [4.78, 5) is 0. The van der Waals surface area contributed by atoms with Crippen molar-refractivity contribution in [3.05, 3.63) is 29.8 Å². The van der Waals surface area contributed by atoms with Crippen LogP contribution in [0.1, 0.15) is 18.4 Å². The predicted molar refractivity (Wildman–Crippen MR) is 73.1 cm³/mol. The molecule has 0 bridgehead atoms. The zero-order chi connectivity index (χ0) is 12.6. The fourth-order valence-electron chi connectivity index (χ4n) is 2.23. The van der Waals surface area contributed by atoms with Gasteiger partial charge in [-0.1, -0.05) is 12.1 Å². The molecule has 2 rings (SSSR count). The van der Waals surface area contributed by atoms with Crippen molar-refractivity contribution in [2.75, 3.05) is 33.4 Å².